The average molecular weight is 304 g/mol. The molecule has 0 saturated carbocycles. The Morgan fingerprint density at radius 1 is 1.26 bits per heavy atom. The van der Waals surface area contributed by atoms with Gasteiger partial charge in [-0.05, 0) is 24.3 Å². The summed E-state index contributed by atoms with van der Waals surface area (Å²) in [6.45, 7) is 0. The van der Waals surface area contributed by atoms with Gasteiger partial charge in [-0.15, -0.1) is 0 Å². The summed E-state index contributed by atoms with van der Waals surface area (Å²) in [6, 6.07) is 8.19. The van der Waals surface area contributed by atoms with Crippen LogP contribution in [-0.4, -0.2) is 13.0 Å². The van der Waals surface area contributed by atoms with Crippen molar-refractivity contribution in [1.29, 1.82) is 10.5 Å². The molecule has 0 radical (unpaired) electrons. The molecule has 1 aromatic carbocycles. The van der Waals surface area contributed by atoms with Gasteiger partial charge in [0.25, 0.3) is 10.1 Å². The van der Waals surface area contributed by atoms with E-state index in [-0.39, 0.29) is 69.1 Å². The van der Waals surface area contributed by atoms with Crippen LogP contribution in [0.15, 0.2) is 40.6 Å². The molecule has 4 N–H and O–H groups in total. The molecule has 0 aliphatic carbocycles. The van der Waals surface area contributed by atoms with E-state index in [1.165, 1.54) is 12.1 Å². The third-order valence-electron chi connectivity index (χ3n) is 1.92. The Morgan fingerprint density at radius 2 is 1.74 bits per heavy atom. The van der Waals surface area contributed by atoms with Gasteiger partial charge in [-0.2, -0.15) is 18.9 Å². The predicted octanol–water partition coefficient (Wildman–Crippen LogP) is -2.32. The molecule has 0 heterocycles. The fourth-order valence-corrected chi connectivity index (χ4v) is 1.55. The molecule has 0 unspecified atom stereocenters. The second-order valence-electron chi connectivity index (χ2n) is 3.14. The van der Waals surface area contributed by atoms with Crippen LogP contribution in [-0.2, 0) is 10.1 Å². The largest absolute Gasteiger partial charge is 1.00 e. The maximum Gasteiger partial charge on any atom is 1.00 e. The smallest absolute Gasteiger partial charge is 1.00 e. The van der Waals surface area contributed by atoms with Crippen LogP contribution in [0.5, 0.6) is 0 Å². The van der Waals surface area contributed by atoms with E-state index in [9.17, 15) is 8.42 Å². The van der Waals surface area contributed by atoms with E-state index in [4.69, 9.17) is 20.8 Å². The molecule has 0 bridgehead atoms. The van der Waals surface area contributed by atoms with Gasteiger partial charge < -0.3 is 12.5 Å². The first-order valence-electron chi connectivity index (χ1n) is 4.53. The van der Waals surface area contributed by atoms with Crippen molar-refractivity contribution in [2.45, 2.75) is 4.90 Å². The van der Waals surface area contributed by atoms with Crippen LogP contribution in [0.3, 0.4) is 0 Å². The van der Waals surface area contributed by atoms with Crippen molar-refractivity contribution < 1.29 is 65.8 Å². The van der Waals surface area contributed by atoms with Crippen molar-refractivity contribution in [1.82, 2.24) is 0 Å². The number of nitrogens with one attached hydrogen (secondary N) is 1. The Labute approximate surface area is 154 Å². The summed E-state index contributed by atoms with van der Waals surface area (Å²) in [4.78, 5) is -0.267. The minimum absolute atomic E-state index is 0. The zero-order valence-corrected chi connectivity index (χ0v) is 13.9. The molecular formula is C10H9KN4O3S. The quantitative estimate of drug-likeness (QED) is 0.323. The van der Waals surface area contributed by atoms with Crippen molar-refractivity contribution in [3.63, 3.8) is 0 Å². The maximum absolute atomic E-state index is 10.8. The second-order valence-corrected chi connectivity index (χ2v) is 4.56. The molecule has 0 saturated heterocycles. The zero-order chi connectivity index (χ0) is 13.8. The predicted molar refractivity (Wildman–Crippen MR) is 63.4 cm³/mol. The molecule has 94 valence electrons. The van der Waals surface area contributed by atoms with Crippen LogP contribution in [0.4, 0.5) is 5.69 Å². The van der Waals surface area contributed by atoms with Gasteiger partial charge in [0.2, 0.25) is 0 Å². The van der Waals surface area contributed by atoms with Crippen molar-refractivity contribution in [3.8, 4) is 12.1 Å². The second kappa shape index (κ2) is 7.62. The Hall–Kier alpha value is -0.914. The first-order chi connectivity index (χ1) is 8.38. The topological polar surface area (TPSA) is 140 Å². The summed E-state index contributed by atoms with van der Waals surface area (Å²) in [5, 5.41) is 19.7. The molecule has 0 amide bonds. The van der Waals surface area contributed by atoms with Crippen LogP contribution in [0.25, 0.3) is 0 Å². The molecule has 0 aliphatic heterocycles. The number of hydrogen-bond acceptors (Lipinski definition) is 6. The normalized spacial score (nSPS) is 9.42. The number of nitriles is 2. The summed E-state index contributed by atoms with van der Waals surface area (Å²) in [5.74, 6) is -0.139. The van der Waals surface area contributed by atoms with Crippen LogP contribution in [0.2, 0.25) is 0 Å². The minimum atomic E-state index is -4.25. The molecule has 19 heavy (non-hydrogen) atoms. The van der Waals surface area contributed by atoms with E-state index in [0.29, 0.717) is 5.69 Å². The van der Waals surface area contributed by atoms with Crippen molar-refractivity contribution in [2.24, 2.45) is 5.73 Å². The molecule has 0 atom stereocenters. The molecule has 9 heteroatoms. The summed E-state index contributed by atoms with van der Waals surface area (Å²) in [7, 11) is -4.25. The first-order valence-corrected chi connectivity index (χ1v) is 5.97. The fourth-order valence-electron chi connectivity index (χ4n) is 1.07. The van der Waals surface area contributed by atoms with E-state index in [0.717, 1.165) is 12.1 Å². The number of nitrogens with zero attached hydrogens (tertiary/aromatic N) is 2. The van der Waals surface area contributed by atoms with E-state index in [2.05, 4.69) is 5.32 Å². The molecule has 0 fully saturated rings. The standard InChI is InChI=1S/C10H8N4O3S.K.H/c11-5-7(6-12)10(13)14-8-1-3-9(4-2-8)18(15,16)17;;/h1-4,14H,13H2,(H,15,16,17);;/q;+1;-1. The average Bonchev–Trinajstić information content (AvgIpc) is 2.30. The van der Waals surface area contributed by atoms with E-state index < -0.39 is 10.1 Å². The van der Waals surface area contributed by atoms with Crippen molar-refractivity contribution >= 4 is 15.8 Å². The number of benzene rings is 1. The Balaban J connectivity index is 0. The first kappa shape index (κ1) is 18.1. The van der Waals surface area contributed by atoms with Crippen LogP contribution >= 0.6 is 0 Å². The summed E-state index contributed by atoms with van der Waals surface area (Å²) < 4.78 is 30.3. The summed E-state index contributed by atoms with van der Waals surface area (Å²) in [6.07, 6.45) is 0. The third kappa shape index (κ3) is 5.30. The van der Waals surface area contributed by atoms with Gasteiger partial charge in [-0.1, -0.05) is 0 Å². The number of allylic oxidation sites excluding steroid dienone is 1. The zero-order valence-electron chi connectivity index (χ0n) is 11.0. The fraction of sp³-hybridized carbons (Fsp3) is 0. The van der Waals surface area contributed by atoms with Crippen molar-refractivity contribution in [3.05, 3.63) is 35.7 Å². The number of nitrogens with two attached hydrogens (primary N) is 1. The Morgan fingerprint density at radius 3 is 2.11 bits per heavy atom. The molecule has 1 aromatic rings. The van der Waals surface area contributed by atoms with E-state index in [1.807, 2.05) is 0 Å². The maximum atomic E-state index is 10.8. The SMILES string of the molecule is N#CC(C#N)=C(N)Nc1ccc(S(=O)(=O)O)cc1.[H-].[K+]. The van der Waals surface area contributed by atoms with Crippen LogP contribution in [0.1, 0.15) is 1.43 Å². The molecule has 0 aliphatic rings. The molecule has 0 spiro atoms. The van der Waals surface area contributed by atoms with Gasteiger partial charge in [-0.3, -0.25) is 4.55 Å². The van der Waals surface area contributed by atoms with E-state index >= 15 is 0 Å². The minimum Gasteiger partial charge on any atom is -1.00 e. The van der Waals surface area contributed by atoms with Gasteiger partial charge in [0.15, 0.2) is 5.57 Å². The Kier molecular flexibility index (Phi) is 7.25. The van der Waals surface area contributed by atoms with Gasteiger partial charge in [0, 0.05) is 5.69 Å². The van der Waals surface area contributed by atoms with E-state index in [1.54, 1.807) is 12.1 Å². The number of hydrogen-bond donors (Lipinski definition) is 3. The monoisotopic (exact) mass is 304 g/mol. The van der Waals surface area contributed by atoms with Gasteiger partial charge in [0.1, 0.15) is 18.0 Å². The molecule has 1 rings (SSSR count). The molecular weight excluding hydrogens is 295 g/mol. The molecule has 7 nitrogen and oxygen atoms in total. The van der Waals surface area contributed by atoms with Crippen molar-refractivity contribution in [2.75, 3.05) is 5.32 Å². The van der Waals surface area contributed by atoms with Crippen LogP contribution < -0.4 is 62.4 Å². The third-order valence-corrected chi connectivity index (χ3v) is 2.79. The Bertz CT molecular complexity index is 658. The van der Waals surface area contributed by atoms with Gasteiger partial charge in [-0.25, -0.2) is 0 Å². The number of anilines is 1. The molecule has 0 aromatic heterocycles. The van der Waals surface area contributed by atoms with Gasteiger partial charge in [0.05, 0.1) is 4.90 Å². The number of rotatable bonds is 3. The van der Waals surface area contributed by atoms with Gasteiger partial charge >= 0.3 is 51.4 Å². The summed E-state index contributed by atoms with van der Waals surface area (Å²) >= 11 is 0. The van der Waals surface area contributed by atoms with Crippen LogP contribution in [0, 0.1) is 22.7 Å². The summed E-state index contributed by atoms with van der Waals surface area (Å²) in [5.41, 5.74) is 5.54.